The summed E-state index contributed by atoms with van der Waals surface area (Å²) in [6, 6.07) is 0. The first-order chi connectivity index (χ1) is 8.90. The fourth-order valence-electron chi connectivity index (χ4n) is 2.81. The van der Waals surface area contributed by atoms with E-state index in [1.807, 2.05) is 0 Å². The van der Waals surface area contributed by atoms with Crippen molar-refractivity contribution in [2.24, 2.45) is 10.8 Å². The van der Waals surface area contributed by atoms with Crippen molar-refractivity contribution < 1.29 is 24.6 Å². The van der Waals surface area contributed by atoms with E-state index in [2.05, 4.69) is 81.4 Å². The van der Waals surface area contributed by atoms with Crippen molar-refractivity contribution in [2.45, 2.75) is 69.2 Å². The minimum absolute atomic E-state index is 0. The molecule has 21 heavy (non-hydrogen) atoms. The molecule has 0 aromatic heterocycles. The summed E-state index contributed by atoms with van der Waals surface area (Å²) in [6.07, 6.45) is 6.87. The summed E-state index contributed by atoms with van der Waals surface area (Å²) >= 11 is 0. The minimum atomic E-state index is 0. The molecule has 1 heteroatoms. The second-order valence-corrected chi connectivity index (χ2v) is 7.25. The van der Waals surface area contributed by atoms with Crippen LogP contribution in [0.2, 0.25) is 0 Å². The van der Waals surface area contributed by atoms with E-state index < -0.39 is 0 Å². The SMILES string of the molecule is CC1=[C-]C(C)(C)C(C)=C1C.CC1=[C-]C(C)(C)C(C)=C1C.[H-].[H-].[Ti+2]. The minimum Gasteiger partial charge on any atom is -1.00 e. The Morgan fingerprint density at radius 2 is 0.857 bits per heavy atom. The predicted octanol–water partition coefficient (Wildman–Crippen LogP) is 6.45. The monoisotopic (exact) mass is 320 g/mol. The van der Waals surface area contributed by atoms with Crippen molar-refractivity contribution in [2.75, 3.05) is 0 Å². The molecule has 0 spiro atoms. The zero-order valence-electron chi connectivity index (χ0n) is 17.5. The van der Waals surface area contributed by atoms with E-state index in [1.54, 1.807) is 0 Å². The van der Waals surface area contributed by atoms with Crippen LogP contribution in [0.15, 0.2) is 33.4 Å². The van der Waals surface area contributed by atoms with Crippen molar-refractivity contribution in [3.05, 3.63) is 45.6 Å². The fraction of sp³-hybridized carbons (Fsp3) is 0.600. The Morgan fingerprint density at radius 3 is 0.905 bits per heavy atom. The maximum absolute atomic E-state index is 3.44. The van der Waals surface area contributed by atoms with Crippen LogP contribution in [-0.2, 0) is 21.7 Å². The van der Waals surface area contributed by atoms with Crippen LogP contribution in [-0.4, -0.2) is 0 Å². The van der Waals surface area contributed by atoms with Gasteiger partial charge in [-0.3, -0.25) is 12.2 Å². The summed E-state index contributed by atoms with van der Waals surface area (Å²) in [7, 11) is 0. The summed E-state index contributed by atoms with van der Waals surface area (Å²) in [4.78, 5) is 0. The standard InChI is InChI=1S/2C10H15.Ti.2H/c2*1-7-6-10(4,5)9(3)8(7)2;;;/h2*1-5H3;;;/q2*-1;+2;2*-1. The van der Waals surface area contributed by atoms with E-state index in [0.29, 0.717) is 0 Å². The van der Waals surface area contributed by atoms with Gasteiger partial charge < -0.3 is 2.85 Å². The number of rotatable bonds is 0. The van der Waals surface area contributed by atoms with Crippen LogP contribution in [0.3, 0.4) is 0 Å². The third-order valence-corrected chi connectivity index (χ3v) is 5.12. The van der Waals surface area contributed by atoms with Crippen molar-refractivity contribution in [1.29, 1.82) is 0 Å². The van der Waals surface area contributed by atoms with E-state index in [1.165, 1.54) is 33.4 Å². The van der Waals surface area contributed by atoms with Gasteiger partial charge in [-0.15, -0.1) is 13.8 Å². The van der Waals surface area contributed by atoms with Crippen molar-refractivity contribution in [1.82, 2.24) is 0 Å². The molecule has 0 heterocycles. The summed E-state index contributed by atoms with van der Waals surface area (Å²) in [5, 5.41) is 0. The molecule has 0 aromatic carbocycles. The molecule has 0 saturated heterocycles. The van der Waals surface area contributed by atoms with Gasteiger partial charge in [-0.25, -0.2) is 11.1 Å². The molecule has 2 rings (SSSR count). The van der Waals surface area contributed by atoms with Gasteiger partial charge in [0.05, 0.1) is 0 Å². The molecule has 118 valence electrons. The van der Waals surface area contributed by atoms with Crippen LogP contribution >= 0.6 is 0 Å². The molecule has 0 saturated carbocycles. The Hall–Kier alpha value is -0.326. The molecule has 0 radical (unpaired) electrons. The Balaban J connectivity index is -0.000000308. The van der Waals surface area contributed by atoms with Crippen LogP contribution in [0.25, 0.3) is 0 Å². The maximum atomic E-state index is 3.44. The van der Waals surface area contributed by atoms with Gasteiger partial charge in [-0.05, 0) is 0 Å². The van der Waals surface area contributed by atoms with Gasteiger partial charge in [0, 0.05) is 0 Å². The molecule has 2 aliphatic rings. The van der Waals surface area contributed by atoms with Crippen molar-refractivity contribution >= 4 is 0 Å². The Kier molecular flexibility index (Phi) is 6.73. The Labute approximate surface area is 150 Å². The van der Waals surface area contributed by atoms with E-state index in [-0.39, 0.29) is 35.4 Å². The summed E-state index contributed by atoms with van der Waals surface area (Å²) < 4.78 is 0. The van der Waals surface area contributed by atoms with Gasteiger partial charge in [0.25, 0.3) is 0 Å². The van der Waals surface area contributed by atoms with E-state index in [0.717, 1.165) is 0 Å². The predicted molar refractivity (Wildman–Crippen MR) is 91.4 cm³/mol. The van der Waals surface area contributed by atoms with Crippen LogP contribution in [0.5, 0.6) is 0 Å². The van der Waals surface area contributed by atoms with Crippen LogP contribution in [0.4, 0.5) is 0 Å². The average Bonchev–Trinajstić information content (AvgIpc) is 2.60. The van der Waals surface area contributed by atoms with Gasteiger partial charge in [0.1, 0.15) is 0 Å². The summed E-state index contributed by atoms with van der Waals surface area (Å²) in [5.41, 5.74) is 8.79. The number of hydrogen-bond acceptors (Lipinski definition) is 0. The molecule has 0 bridgehead atoms. The third-order valence-electron chi connectivity index (χ3n) is 5.12. The molecule has 0 N–H and O–H groups in total. The fourth-order valence-corrected chi connectivity index (χ4v) is 2.81. The van der Waals surface area contributed by atoms with Crippen LogP contribution in [0, 0.1) is 23.0 Å². The Bertz CT molecular complexity index is 494. The van der Waals surface area contributed by atoms with E-state index in [9.17, 15) is 0 Å². The molecular formula is C20H32Ti-2. The smallest absolute Gasteiger partial charge is 1.00 e. The molecular weight excluding hydrogens is 288 g/mol. The van der Waals surface area contributed by atoms with Gasteiger partial charge in [-0.1, -0.05) is 66.2 Å². The molecule has 0 fully saturated rings. The van der Waals surface area contributed by atoms with Gasteiger partial charge in [0.15, 0.2) is 0 Å². The van der Waals surface area contributed by atoms with Crippen molar-refractivity contribution in [3.8, 4) is 0 Å². The topological polar surface area (TPSA) is 0 Å². The molecule has 0 aliphatic heterocycles. The third kappa shape index (κ3) is 4.33. The summed E-state index contributed by atoms with van der Waals surface area (Å²) in [6.45, 7) is 21.8. The van der Waals surface area contributed by atoms with Gasteiger partial charge in [0.2, 0.25) is 0 Å². The Morgan fingerprint density at radius 1 is 0.619 bits per heavy atom. The summed E-state index contributed by atoms with van der Waals surface area (Å²) in [5.74, 6) is 0. The first-order valence-corrected chi connectivity index (χ1v) is 7.50. The maximum Gasteiger partial charge on any atom is 2.00 e. The normalized spacial score (nSPS) is 22.4. The molecule has 2 aliphatic carbocycles. The second-order valence-electron chi connectivity index (χ2n) is 7.25. The largest absolute Gasteiger partial charge is 2.00 e. The van der Waals surface area contributed by atoms with E-state index in [4.69, 9.17) is 0 Å². The average molecular weight is 320 g/mol. The quantitative estimate of drug-likeness (QED) is 0.355. The second kappa shape index (κ2) is 6.84. The van der Waals surface area contributed by atoms with Crippen LogP contribution in [0.1, 0.15) is 72.1 Å². The van der Waals surface area contributed by atoms with Gasteiger partial charge >= 0.3 is 21.7 Å². The molecule has 0 atom stereocenters. The molecule has 0 aromatic rings. The van der Waals surface area contributed by atoms with Gasteiger partial charge in [-0.2, -0.15) is 22.3 Å². The van der Waals surface area contributed by atoms with Crippen LogP contribution < -0.4 is 0 Å². The first-order valence-electron chi connectivity index (χ1n) is 7.50. The van der Waals surface area contributed by atoms with E-state index >= 15 is 0 Å². The number of hydrogen-bond donors (Lipinski definition) is 0. The first kappa shape index (κ1) is 20.7. The number of allylic oxidation sites excluding steroid dienone is 8. The molecule has 0 nitrogen and oxygen atoms in total. The zero-order valence-corrected chi connectivity index (χ0v) is 17.1. The molecule has 0 amide bonds. The van der Waals surface area contributed by atoms with Crippen molar-refractivity contribution in [3.63, 3.8) is 0 Å². The zero-order chi connectivity index (χ0) is 15.9. The molecule has 0 unspecified atom stereocenters.